The van der Waals surface area contributed by atoms with E-state index in [1.807, 2.05) is 0 Å². The van der Waals surface area contributed by atoms with Gasteiger partial charge in [0.25, 0.3) is 0 Å². The van der Waals surface area contributed by atoms with Gasteiger partial charge in [0.15, 0.2) is 0 Å². The van der Waals surface area contributed by atoms with E-state index >= 15 is 0 Å². The van der Waals surface area contributed by atoms with Crippen molar-refractivity contribution < 1.29 is 0 Å². The van der Waals surface area contributed by atoms with Crippen LogP contribution in [-0.4, -0.2) is 0 Å². The first-order valence-corrected chi connectivity index (χ1v) is 5.29. The van der Waals surface area contributed by atoms with Crippen LogP contribution in [0.3, 0.4) is 0 Å². The van der Waals surface area contributed by atoms with E-state index in [-0.39, 0.29) is 0 Å². The maximum absolute atomic E-state index is 3.50. The molecule has 0 N–H and O–H groups in total. The molecule has 0 amide bonds. The maximum atomic E-state index is 3.50. The summed E-state index contributed by atoms with van der Waals surface area (Å²) in [6.07, 6.45) is 3.22. The van der Waals surface area contributed by atoms with Gasteiger partial charge in [0.05, 0.1) is 0 Å². The number of hydrogen-bond acceptors (Lipinski definition) is 0. The Morgan fingerprint density at radius 2 is 2.15 bits per heavy atom. The minimum atomic E-state index is 1.06. The van der Waals surface area contributed by atoms with Crippen molar-refractivity contribution in [3.8, 4) is 0 Å². The fourth-order valence-electron chi connectivity index (χ4n) is 1.24. The third kappa shape index (κ3) is 3.00. The lowest BCUT2D eigenvalue weighted by molar-refractivity contribution is 1.12. The molecule has 0 nitrogen and oxygen atoms in total. The summed E-state index contributed by atoms with van der Waals surface area (Å²) in [5.41, 5.74) is 4.11. The highest BCUT2D eigenvalue weighted by atomic mass is 79.9. The highest BCUT2D eigenvalue weighted by molar-refractivity contribution is 9.10. The Kier molecular flexibility index (Phi) is 3.73. The maximum Gasteiger partial charge on any atom is 0.0204 e. The van der Waals surface area contributed by atoms with Crippen LogP contribution in [0.5, 0.6) is 0 Å². The molecule has 0 aliphatic heterocycles. The second-order valence-electron chi connectivity index (χ2n) is 3.40. The first-order chi connectivity index (χ1) is 6.13. The number of hydrogen-bond donors (Lipinski definition) is 0. The van der Waals surface area contributed by atoms with E-state index < -0.39 is 0 Å². The summed E-state index contributed by atoms with van der Waals surface area (Å²) in [5, 5.41) is 0. The first-order valence-electron chi connectivity index (χ1n) is 4.50. The van der Waals surface area contributed by atoms with Gasteiger partial charge in [-0.15, -0.1) is 0 Å². The molecule has 0 unspecified atom stereocenters. The molecule has 0 heterocycles. The number of allylic oxidation sites excluding steroid dienone is 2. The van der Waals surface area contributed by atoms with Crippen molar-refractivity contribution in [3.63, 3.8) is 0 Å². The van der Waals surface area contributed by atoms with E-state index in [9.17, 15) is 0 Å². The summed E-state index contributed by atoms with van der Waals surface area (Å²) in [6, 6.07) is 6.52. The summed E-state index contributed by atoms with van der Waals surface area (Å²) >= 11 is 3.50. The fourth-order valence-corrected chi connectivity index (χ4v) is 1.49. The lowest BCUT2D eigenvalue weighted by Crippen LogP contribution is -1.87. The monoisotopic (exact) mass is 238 g/mol. The van der Waals surface area contributed by atoms with Crippen molar-refractivity contribution >= 4 is 15.9 Å². The highest BCUT2D eigenvalue weighted by Gasteiger charge is 1.97. The Labute approximate surface area is 88.8 Å². The lowest BCUT2D eigenvalue weighted by atomic mass is 10.0. The van der Waals surface area contributed by atoms with Gasteiger partial charge >= 0.3 is 0 Å². The van der Waals surface area contributed by atoms with E-state index in [1.165, 1.54) is 21.2 Å². The van der Waals surface area contributed by atoms with Crippen molar-refractivity contribution in [2.45, 2.75) is 27.2 Å². The van der Waals surface area contributed by atoms with Crippen LogP contribution in [0.4, 0.5) is 0 Å². The molecule has 0 saturated carbocycles. The van der Waals surface area contributed by atoms with Crippen LogP contribution >= 0.6 is 15.9 Å². The molecular formula is C12H15Br. The molecule has 0 spiro atoms. The minimum Gasteiger partial charge on any atom is -0.0884 e. The number of aryl methyl sites for hydroxylation is 1. The predicted molar refractivity (Wildman–Crippen MR) is 62.0 cm³/mol. The molecule has 0 aliphatic rings. The van der Waals surface area contributed by atoms with Crippen LogP contribution in [0.2, 0.25) is 0 Å². The quantitative estimate of drug-likeness (QED) is 0.676. The predicted octanol–water partition coefficient (Wildman–Crippen LogP) is 4.27. The zero-order chi connectivity index (χ0) is 9.84. The molecular weight excluding hydrogens is 224 g/mol. The Morgan fingerprint density at radius 3 is 2.69 bits per heavy atom. The summed E-state index contributed by atoms with van der Waals surface area (Å²) in [7, 11) is 0. The Hall–Kier alpha value is -0.560. The second-order valence-corrected chi connectivity index (χ2v) is 4.25. The van der Waals surface area contributed by atoms with Gasteiger partial charge in [0.2, 0.25) is 0 Å². The SMILES string of the molecule is CC=C(C)Cc1ccc(Br)c(C)c1. The Morgan fingerprint density at radius 1 is 1.46 bits per heavy atom. The van der Waals surface area contributed by atoms with Gasteiger partial charge in [-0.3, -0.25) is 0 Å². The summed E-state index contributed by atoms with van der Waals surface area (Å²) in [4.78, 5) is 0. The molecule has 0 saturated heterocycles. The van der Waals surface area contributed by atoms with Crippen LogP contribution in [0.25, 0.3) is 0 Å². The average molecular weight is 239 g/mol. The molecule has 0 aromatic heterocycles. The van der Waals surface area contributed by atoms with Gasteiger partial charge in [-0.25, -0.2) is 0 Å². The third-order valence-electron chi connectivity index (χ3n) is 2.20. The van der Waals surface area contributed by atoms with Gasteiger partial charge < -0.3 is 0 Å². The number of rotatable bonds is 2. The van der Waals surface area contributed by atoms with E-state index in [4.69, 9.17) is 0 Å². The zero-order valence-electron chi connectivity index (χ0n) is 8.39. The highest BCUT2D eigenvalue weighted by Crippen LogP contribution is 2.18. The summed E-state index contributed by atoms with van der Waals surface area (Å²) < 4.78 is 1.19. The van der Waals surface area contributed by atoms with Gasteiger partial charge in [-0.1, -0.05) is 39.7 Å². The first kappa shape index (κ1) is 10.5. The lowest BCUT2D eigenvalue weighted by Gasteiger charge is -2.04. The van der Waals surface area contributed by atoms with Crippen LogP contribution in [0.15, 0.2) is 34.3 Å². The topological polar surface area (TPSA) is 0 Å². The van der Waals surface area contributed by atoms with Gasteiger partial charge in [0, 0.05) is 4.47 Å². The molecule has 70 valence electrons. The van der Waals surface area contributed by atoms with Crippen LogP contribution in [0.1, 0.15) is 25.0 Å². The fraction of sp³-hybridized carbons (Fsp3) is 0.333. The molecule has 0 bridgehead atoms. The molecule has 1 heteroatoms. The third-order valence-corrected chi connectivity index (χ3v) is 3.09. The number of benzene rings is 1. The minimum absolute atomic E-state index is 1.06. The van der Waals surface area contributed by atoms with Crippen molar-refractivity contribution in [1.82, 2.24) is 0 Å². The van der Waals surface area contributed by atoms with Crippen molar-refractivity contribution in [2.24, 2.45) is 0 Å². The van der Waals surface area contributed by atoms with E-state index in [0.29, 0.717) is 0 Å². The van der Waals surface area contributed by atoms with E-state index in [2.05, 4.69) is 61.0 Å². The van der Waals surface area contributed by atoms with Gasteiger partial charge in [-0.2, -0.15) is 0 Å². The van der Waals surface area contributed by atoms with Crippen molar-refractivity contribution in [3.05, 3.63) is 45.4 Å². The van der Waals surface area contributed by atoms with Gasteiger partial charge in [0.1, 0.15) is 0 Å². The van der Waals surface area contributed by atoms with Crippen molar-refractivity contribution in [2.75, 3.05) is 0 Å². The Balaban J connectivity index is 2.86. The smallest absolute Gasteiger partial charge is 0.0204 e. The van der Waals surface area contributed by atoms with E-state index in [1.54, 1.807) is 0 Å². The molecule has 1 aromatic rings. The van der Waals surface area contributed by atoms with Crippen LogP contribution in [-0.2, 0) is 6.42 Å². The van der Waals surface area contributed by atoms with E-state index in [0.717, 1.165) is 6.42 Å². The normalized spacial score (nSPS) is 11.8. The van der Waals surface area contributed by atoms with Crippen LogP contribution < -0.4 is 0 Å². The standard InChI is InChI=1S/C12H15Br/c1-4-9(2)7-11-5-6-12(13)10(3)8-11/h4-6,8H,7H2,1-3H3. The zero-order valence-corrected chi connectivity index (χ0v) is 9.98. The molecule has 0 fully saturated rings. The molecule has 1 rings (SSSR count). The van der Waals surface area contributed by atoms with Gasteiger partial charge in [-0.05, 0) is 44.4 Å². The molecule has 1 aromatic carbocycles. The molecule has 13 heavy (non-hydrogen) atoms. The average Bonchev–Trinajstić information content (AvgIpc) is 2.11. The summed E-state index contributed by atoms with van der Waals surface area (Å²) in [6.45, 7) is 6.37. The molecule has 0 radical (unpaired) electrons. The largest absolute Gasteiger partial charge is 0.0884 e. The second kappa shape index (κ2) is 4.61. The molecule has 0 atom stereocenters. The van der Waals surface area contributed by atoms with Crippen LogP contribution in [0, 0.1) is 6.92 Å². The Bertz CT molecular complexity index is 324. The van der Waals surface area contributed by atoms with Crippen molar-refractivity contribution in [1.29, 1.82) is 0 Å². The number of halogens is 1. The molecule has 0 aliphatic carbocycles. The summed E-state index contributed by atoms with van der Waals surface area (Å²) in [5.74, 6) is 0.